The zero-order valence-corrected chi connectivity index (χ0v) is 23.5. The first kappa shape index (κ1) is 25.6. The van der Waals surface area contributed by atoms with E-state index in [0.717, 1.165) is 45.2 Å². The molecule has 1 saturated carbocycles. The molecule has 0 atom stereocenters. The first-order chi connectivity index (χ1) is 19.2. The Balaban J connectivity index is 1.23. The van der Waals surface area contributed by atoms with Crippen molar-refractivity contribution < 1.29 is 4.79 Å². The van der Waals surface area contributed by atoms with Gasteiger partial charge in [-0.3, -0.25) is 9.72 Å². The predicted molar refractivity (Wildman–Crippen MR) is 159 cm³/mol. The maximum absolute atomic E-state index is 13.1. The molecule has 9 nitrogen and oxygen atoms in total. The zero-order valence-electron chi connectivity index (χ0n) is 23.5. The fourth-order valence-electron chi connectivity index (χ4n) is 4.67. The van der Waals surface area contributed by atoms with Gasteiger partial charge in [-0.25, -0.2) is 19.4 Å². The molecule has 0 aliphatic heterocycles. The molecule has 1 aliphatic rings. The van der Waals surface area contributed by atoms with E-state index in [1.165, 1.54) is 12.8 Å². The lowest BCUT2D eigenvalue weighted by Gasteiger charge is -2.14. The van der Waals surface area contributed by atoms with Crippen molar-refractivity contribution in [2.75, 3.05) is 16.0 Å². The molecule has 0 spiro atoms. The van der Waals surface area contributed by atoms with Crippen molar-refractivity contribution in [2.45, 2.75) is 58.9 Å². The van der Waals surface area contributed by atoms with Crippen LogP contribution >= 0.6 is 0 Å². The minimum Gasteiger partial charge on any atom is -0.364 e. The molecule has 0 saturated heterocycles. The molecule has 3 heterocycles. The predicted octanol–water partition coefficient (Wildman–Crippen LogP) is 6.71. The summed E-state index contributed by atoms with van der Waals surface area (Å²) in [5.74, 6) is 1.41. The smallest absolute Gasteiger partial charge is 0.324 e. The van der Waals surface area contributed by atoms with Crippen molar-refractivity contribution >= 4 is 29.0 Å². The molecule has 0 radical (unpaired) electrons. The second kappa shape index (κ2) is 9.82. The summed E-state index contributed by atoms with van der Waals surface area (Å²) in [4.78, 5) is 22.3. The molecule has 204 valence electrons. The molecule has 40 heavy (non-hydrogen) atoms. The van der Waals surface area contributed by atoms with Crippen LogP contribution in [0.2, 0.25) is 0 Å². The summed E-state index contributed by atoms with van der Waals surface area (Å²) in [6, 6.07) is 16.0. The second-order valence-corrected chi connectivity index (χ2v) is 11.6. The Kier molecular flexibility index (Phi) is 6.29. The van der Waals surface area contributed by atoms with Crippen LogP contribution in [0.3, 0.4) is 0 Å². The van der Waals surface area contributed by atoms with E-state index in [1.807, 2.05) is 74.8 Å². The summed E-state index contributed by atoms with van der Waals surface area (Å²) in [6.07, 6.45) is 7.96. The monoisotopic (exact) mass is 534 g/mol. The van der Waals surface area contributed by atoms with Crippen LogP contribution in [0.4, 0.5) is 22.1 Å². The lowest BCUT2D eigenvalue weighted by atomic mass is 9.92. The molecule has 2 amide bonds. The second-order valence-electron chi connectivity index (χ2n) is 11.6. The number of amides is 2. The van der Waals surface area contributed by atoms with Crippen LogP contribution in [0.1, 0.15) is 50.4 Å². The van der Waals surface area contributed by atoms with E-state index < -0.39 is 0 Å². The topological polar surface area (TPSA) is 101 Å². The third-order valence-corrected chi connectivity index (χ3v) is 7.10. The third-order valence-electron chi connectivity index (χ3n) is 7.10. The summed E-state index contributed by atoms with van der Waals surface area (Å²) in [6.45, 7) is 10.4. The van der Waals surface area contributed by atoms with Crippen molar-refractivity contribution in [1.82, 2.24) is 24.1 Å². The van der Waals surface area contributed by atoms with E-state index in [-0.39, 0.29) is 11.4 Å². The van der Waals surface area contributed by atoms with Gasteiger partial charge in [-0.1, -0.05) is 44.5 Å². The summed E-state index contributed by atoms with van der Waals surface area (Å²) in [5.41, 5.74) is 7.24. The van der Waals surface area contributed by atoms with Gasteiger partial charge in [-0.15, -0.1) is 0 Å². The number of anilines is 3. The Morgan fingerprint density at radius 3 is 2.45 bits per heavy atom. The normalized spacial score (nSPS) is 13.4. The molecule has 0 bridgehead atoms. The van der Waals surface area contributed by atoms with Gasteiger partial charge in [0.15, 0.2) is 11.5 Å². The fraction of sp³-hybridized carbons (Fsp3) is 0.290. The van der Waals surface area contributed by atoms with Gasteiger partial charge >= 0.3 is 6.03 Å². The standard InChI is InChI=1S/C31H34N8O/c1-19-6-11-23(12-7-19)39-27(17-26(37-39)31(3,4)5)36-30(40)35-22-10-13-24(20(2)16-22)25-18-33-28(34-21-8-9-21)29-32-14-15-38(25)29/h6-7,10-18,21H,8-9H2,1-5H3,(H,33,34)(H2,35,36,40). The SMILES string of the molecule is Cc1ccc(-n2nc(C(C)(C)C)cc2NC(=O)Nc2ccc(-c3cnc(NC4CC4)c4nccn34)c(C)c2)cc1. The van der Waals surface area contributed by atoms with E-state index >= 15 is 0 Å². The summed E-state index contributed by atoms with van der Waals surface area (Å²) < 4.78 is 3.83. The van der Waals surface area contributed by atoms with Gasteiger partial charge < -0.3 is 10.6 Å². The number of aromatic nitrogens is 5. The van der Waals surface area contributed by atoms with Gasteiger partial charge in [0.05, 0.1) is 23.3 Å². The van der Waals surface area contributed by atoms with Gasteiger partial charge in [-0.05, 0) is 56.5 Å². The van der Waals surface area contributed by atoms with Crippen LogP contribution in [0.5, 0.6) is 0 Å². The minimum absolute atomic E-state index is 0.169. The maximum Gasteiger partial charge on any atom is 0.324 e. The van der Waals surface area contributed by atoms with E-state index in [0.29, 0.717) is 17.5 Å². The number of aryl methyl sites for hydroxylation is 2. The Bertz CT molecular complexity index is 1700. The molecule has 3 aromatic heterocycles. The molecular weight excluding hydrogens is 500 g/mol. The van der Waals surface area contributed by atoms with Crippen molar-refractivity contribution in [1.29, 1.82) is 0 Å². The van der Waals surface area contributed by atoms with E-state index in [1.54, 1.807) is 10.9 Å². The highest BCUT2D eigenvalue weighted by Crippen LogP contribution is 2.31. The average molecular weight is 535 g/mol. The molecule has 6 rings (SSSR count). The molecule has 0 unspecified atom stereocenters. The van der Waals surface area contributed by atoms with Crippen LogP contribution < -0.4 is 16.0 Å². The Morgan fingerprint density at radius 2 is 1.75 bits per heavy atom. The molecule has 1 fully saturated rings. The molecule has 2 aromatic carbocycles. The Morgan fingerprint density at radius 1 is 0.975 bits per heavy atom. The summed E-state index contributed by atoms with van der Waals surface area (Å²) >= 11 is 0. The van der Waals surface area contributed by atoms with Crippen LogP contribution in [0, 0.1) is 13.8 Å². The van der Waals surface area contributed by atoms with E-state index in [2.05, 4.69) is 51.1 Å². The number of imidazole rings is 1. The van der Waals surface area contributed by atoms with Crippen LogP contribution in [-0.4, -0.2) is 36.2 Å². The third kappa shape index (κ3) is 5.14. The van der Waals surface area contributed by atoms with E-state index in [4.69, 9.17) is 5.10 Å². The fourth-order valence-corrected chi connectivity index (χ4v) is 4.67. The first-order valence-corrected chi connectivity index (χ1v) is 13.6. The van der Waals surface area contributed by atoms with Crippen LogP contribution in [0.25, 0.3) is 22.6 Å². The molecule has 1 aliphatic carbocycles. The summed E-state index contributed by atoms with van der Waals surface area (Å²) in [7, 11) is 0. The number of urea groups is 1. The van der Waals surface area contributed by atoms with Gasteiger partial charge in [0.1, 0.15) is 5.82 Å². The minimum atomic E-state index is -0.338. The number of rotatable bonds is 6. The van der Waals surface area contributed by atoms with Crippen molar-refractivity contribution in [3.05, 3.63) is 83.9 Å². The summed E-state index contributed by atoms with van der Waals surface area (Å²) in [5, 5.41) is 14.2. The number of nitrogens with zero attached hydrogens (tertiary/aromatic N) is 5. The average Bonchev–Trinajstić information content (AvgIpc) is 3.39. The number of benzene rings is 2. The highest BCUT2D eigenvalue weighted by molar-refractivity contribution is 5.99. The van der Waals surface area contributed by atoms with Crippen molar-refractivity contribution in [3.63, 3.8) is 0 Å². The van der Waals surface area contributed by atoms with Crippen molar-refractivity contribution in [3.8, 4) is 16.9 Å². The molecule has 5 aromatic rings. The largest absolute Gasteiger partial charge is 0.364 e. The number of hydrogen-bond donors (Lipinski definition) is 3. The van der Waals surface area contributed by atoms with Gasteiger partial charge in [-0.2, -0.15) is 5.10 Å². The maximum atomic E-state index is 13.1. The lowest BCUT2D eigenvalue weighted by Crippen LogP contribution is -2.21. The number of fused-ring (bicyclic) bond motifs is 1. The number of nitrogens with one attached hydrogen (secondary N) is 3. The highest BCUT2D eigenvalue weighted by atomic mass is 16.2. The van der Waals surface area contributed by atoms with Gasteiger partial charge in [0.25, 0.3) is 0 Å². The quantitative estimate of drug-likeness (QED) is 0.225. The Hall–Kier alpha value is -4.66. The number of carbonyl (C=O) groups excluding carboxylic acids is 1. The molecule has 3 N–H and O–H groups in total. The van der Waals surface area contributed by atoms with E-state index in [9.17, 15) is 4.79 Å². The van der Waals surface area contributed by atoms with Gasteiger partial charge in [0.2, 0.25) is 0 Å². The molecule has 9 heteroatoms. The lowest BCUT2D eigenvalue weighted by molar-refractivity contribution is 0.262. The highest BCUT2D eigenvalue weighted by Gasteiger charge is 2.24. The van der Waals surface area contributed by atoms with Crippen molar-refractivity contribution in [2.24, 2.45) is 0 Å². The van der Waals surface area contributed by atoms with Crippen LogP contribution in [0.15, 0.2) is 67.1 Å². The number of carbonyl (C=O) groups is 1. The Labute approximate surface area is 233 Å². The van der Waals surface area contributed by atoms with Gasteiger partial charge in [0, 0.05) is 41.2 Å². The zero-order chi connectivity index (χ0) is 28.0. The first-order valence-electron chi connectivity index (χ1n) is 13.6. The number of hydrogen-bond acceptors (Lipinski definition) is 5. The van der Waals surface area contributed by atoms with Crippen LogP contribution in [-0.2, 0) is 5.41 Å². The molecular formula is C31H34N8O.